The normalized spacial score (nSPS) is 15.5. The molecule has 1 rings (SSSR count). The number of aliphatic carboxylic acids is 1. The molecule has 3 unspecified atom stereocenters. The van der Waals surface area contributed by atoms with Crippen molar-refractivity contribution in [2.75, 3.05) is 12.8 Å². The van der Waals surface area contributed by atoms with Crippen LogP contribution in [0.2, 0.25) is 0 Å². The van der Waals surface area contributed by atoms with Gasteiger partial charge in [-0.2, -0.15) is 0 Å². The predicted octanol–water partition coefficient (Wildman–Crippen LogP) is 3.78. The maximum absolute atomic E-state index is 11.5. The first-order chi connectivity index (χ1) is 9.56. The summed E-state index contributed by atoms with van der Waals surface area (Å²) in [6.07, 6.45) is 1.95. The molecule has 0 aliphatic rings. The summed E-state index contributed by atoms with van der Waals surface area (Å²) in [4.78, 5) is 11.2. The van der Waals surface area contributed by atoms with E-state index in [0.29, 0.717) is 19.2 Å². The van der Waals surface area contributed by atoms with E-state index in [0.717, 1.165) is 12.0 Å². The van der Waals surface area contributed by atoms with Gasteiger partial charge >= 0.3 is 5.97 Å². The van der Waals surface area contributed by atoms with Crippen molar-refractivity contribution in [3.05, 3.63) is 35.9 Å². The zero-order valence-electron chi connectivity index (χ0n) is 12.0. The van der Waals surface area contributed by atoms with Gasteiger partial charge in [-0.05, 0) is 31.2 Å². The standard InChI is InChI=1S/C15H23O4P/c1-3-19-20(18)11-7-10-14(12(2)15(16)17)13-8-5-4-6-9-13/h4-6,8-9,12,14,20H,3,7,10-11H2,1-2H3,(H,16,17). The van der Waals surface area contributed by atoms with Crippen LogP contribution in [0, 0.1) is 5.92 Å². The van der Waals surface area contributed by atoms with E-state index in [1.165, 1.54) is 0 Å². The first kappa shape index (κ1) is 16.9. The minimum absolute atomic E-state index is 0.0508. The fourth-order valence-electron chi connectivity index (χ4n) is 2.28. The molecule has 0 spiro atoms. The number of hydrogen-bond donors (Lipinski definition) is 1. The Labute approximate surface area is 121 Å². The SMILES string of the molecule is CCO[PH](=O)CCCC(c1ccccc1)C(C)C(=O)O. The second kappa shape index (κ2) is 8.93. The molecule has 5 heteroatoms. The van der Waals surface area contributed by atoms with Crippen LogP contribution in [-0.2, 0) is 13.9 Å². The molecule has 0 aliphatic carbocycles. The average molecular weight is 298 g/mol. The molecule has 0 saturated carbocycles. The van der Waals surface area contributed by atoms with Gasteiger partial charge in [-0.1, -0.05) is 37.3 Å². The molecule has 1 N–H and O–H groups in total. The molecule has 0 bridgehead atoms. The molecule has 0 amide bonds. The second-order valence-corrected chi connectivity index (χ2v) is 6.37. The summed E-state index contributed by atoms with van der Waals surface area (Å²) >= 11 is 0. The number of carboxylic acids is 1. The van der Waals surface area contributed by atoms with E-state index in [4.69, 9.17) is 4.52 Å². The lowest BCUT2D eigenvalue weighted by Gasteiger charge is -2.21. The van der Waals surface area contributed by atoms with Crippen molar-refractivity contribution in [2.45, 2.75) is 32.6 Å². The summed E-state index contributed by atoms with van der Waals surface area (Å²) in [6.45, 7) is 4.01. The van der Waals surface area contributed by atoms with Gasteiger partial charge in [0.15, 0.2) is 8.03 Å². The van der Waals surface area contributed by atoms with Crippen molar-refractivity contribution < 1.29 is 19.0 Å². The number of benzene rings is 1. The van der Waals surface area contributed by atoms with E-state index < -0.39 is 19.9 Å². The van der Waals surface area contributed by atoms with E-state index in [-0.39, 0.29) is 5.92 Å². The largest absolute Gasteiger partial charge is 0.481 e. The summed E-state index contributed by atoms with van der Waals surface area (Å²) in [5.74, 6) is -1.30. The van der Waals surface area contributed by atoms with E-state index >= 15 is 0 Å². The van der Waals surface area contributed by atoms with E-state index in [9.17, 15) is 14.5 Å². The zero-order chi connectivity index (χ0) is 15.0. The third-order valence-corrected chi connectivity index (χ3v) is 4.79. The quantitative estimate of drug-likeness (QED) is 0.705. The third kappa shape index (κ3) is 5.48. The Hall–Kier alpha value is -1.12. The first-order valence-corrected chi connectivity index (χ1v) is 8.52. The van der Waals surface area contributed by atoms with Crippen LogP contribution in [0.25, 0.3) is 0 Å². The van der Waals surface area contributed by atoms with Gasteiger partial charge < -0.3 is 9.63 Å². The van der Waals surface area contributed by atoms with Crippen molar-refractivity contribution in [3.8, 4) is 0 Å². The van der Waals surface area contributed by atoms with Gasteiger partial charge in [-0.25, -0.2) is 0 Å². The minimum Gasteiger partial charge on any atom is -0.481 e. The smallest absolute Gasteiger partial charge is 0.306 e. The molecule has 1 aromatic carbocycles. The lowest BCUT2D eigenvalue weighted by atomic mass is 9.84. The zero-order valence-corrected chi connectivity index (χ0v) is 13.0. The number of rotatable bonds is 9. The van der Waals surface area contributed by atoms with E-state index in [1.54, 1.807) is 6.92 Å². The monoisotopic (exact) mass is 298 g/mol. The van der Waals surface area contributed by atoms with Gasteiger partial charge in [-0.3, -0.25) is 9.36 Å². The number of carbonyl (C=O) groups is 1. The van der Waals surface area contributed by atoms with Crippen LogP contribution in [0.4, 0.5) is 0 Å². The van der Waals surface area contributed by atoms with Crippen molar-refractivity contribution in [1.82, 2.24) is 0 Å². The molecule has 0 saturated heterocycles. The molecule has 0 heterocycles. The highest BCUT2D eigenvalue weighted by Gasteiger charge is 2.24. The molecule has 0 aromatic heterocycles. The molecule has 1 aromatic rings. The van der Waals surface area contributed by atoms with Gasteiger partial charge in [-0.15, -0.1) is 0 Å². The van der Waals surface area contributed by atoms with E-state index in [1.807, 2.05) is 37.3 Å². The molecule has 112 valence electrons. The van der Waals surface area contributed by atoms with Crippen LogP contribution in [0.15, 0.2) is 30.3 Å². The molecular weight excluding hydrogens is 275 g/mol. The first-order valence-electron chi connectivity index (χ1n) is 6.99. The molecule has 4 nitrogen and oxygen atoms in total. The minimum atomic E-state index is -1.96. The molecule has 0 aliphatic heterocycles. The lowest BCUT2D eigenvalue weighted by Crippen LogP contribution is -2.19. The molecule has 0 radical (unpaired) electrons. The second-order valence-electron chi connectivity index (χ2n) is 4.84. The van der Waals surface area contributed by atoms with Crippen LogP contribution in [0.5, 0.6) is 0 Å². The fraction of sp³-hybridized carbons (Fsp3) is 0.533. The molecular formula is C15H23O4P. The molecule has 20 heavy (non-hydrogen) atoms. The van der Waals surface area contributed by atoms with E-state index in [2.05, 4.69) is 0 Å². The van der Waals surface area contributed by atoms with Crippen molar-refractivity contribution in [3.63, 3.8) is 0 Å². The van der Waals surface area contributed by atoms with Crippen molar-refractivity contribution >= 4 is 14.0 Å². The van der Waals surface area contributed by atoms with Crippen LogP contribution < -0.4 is 0 Å². The van der Waals surface area contributed by atoms with Crippen LogP contribution in [0.3, 0.4) is 0 Å². The van der Waals surface area contributed by atoms with Gasteiger partial charge in [0.2, 0.25) is 0 Å². The Bertz CT molecular complexity index is 433. The summed E-state index contributed by atoms with van der Waals surface area (Å²) in [5, 5.41) is 9.23. The summed E-state index contributed by atoms with van der Waals surface area (Å²) in [5.41, 5.74) is 1.03. The summed E-state index contributed by atoms with van der Waals surface area (Å²) in [7, 11) is -1.96. The van der Waals surface area contributed by atoms with Gasteiger partial charge in [0.05, 0.1) is 12.5 Å². The Balaban J connectivity index is 2.65. The van der Waals surface area contributed by atoms with Crippen molar-refractivity contribution in [2.24, 2.45) is 5.92 Å². The summed E-state index contributed by atoms with van der Waals surface area (Å²) in [6, 6.07) is 9.66. The Kier molecular flexibility index (Phi) is 7.56. The number of hydrogen-bond acceptors (Lipinski definition) is 3. The van der Waals surface area contributed by atoms with Gasteiger partial charge in [0.1, 0.15) is 0 Å². The van der Waals surface area contributed by atoms with Gasteiger partial charge in [0.25, 0.3) is 0 Å². The Morgan fingerprint density at radius 2 is 2.00 bits per heavy atom. The maximum Gasteiger partial charge on any atom is 0.306 e. The summed E-state index contributed by atoms with van der Waals surface area (Å²) < 4.78 is 16.6. The topological polar surface area (TPSA) is 63.6 Å². The fourth-order valence-corrected chi connectivity index (χ4v) is 3.24. The molecule has 3 atom stereocenters. The highest BCUT2D eigenvalue weighted by Crippen LogP contribution is 2.32. The highest BCUT2D eigenvalue weighted by molar-refractivity contribution is 7.39. The highest BCUT2D eigenvalue weighted by atomic mass is 31.1. The van der Waals surface area contributed by atoms with Gasteiger partial charge in [0, 0.05) is 6.16 Å². The molecule has 0 fully saturated rings. The third-order valence-electron chi connectivity index (χ3n) is 3.42. The maximum atomic E-state index is 11.5. The van der Waals surface area contributed by atoms with Crippen LogP contribution in [-0.4, -0.2) is 23.8 Å². The predicted molar refractivity (Wildman–Crippen MR) is 80.7 cm³/mol. The average Bonchev–Trinajstić information content (AvgIpc) is 2.44. The number of carboxylic acid groups (broad SMARTS) is 1. The van der Waals surface area contributed by atoms with Crippen LogP contribution in [0.1, 0.15) is 38.2 Å². The Morgan fingerprint density at radius 3 is 2.55 bits per heavy atom. The Morgan fingerprint density at radius 1 is 1.35 bits per heavy atom. The van der Waals surface area contributed by atoms with Crippen LogP contribution >= 0.6 is 8.03 Å². The lowest BCUT2D eigenvalue weighted by molar-refractivity contribution is -0.141. The van der Waals surface area contributed by atoms with Crippen molar-refractivity contribution in [1.29, 1.82) is 0 Å².